The van der Waals surface area contributed by atoms with Crippen molar-refractivity contribution in [2.24, 2.45) is 0 Å². The van der Waals surface area contributed by atoms with E-state index >= 15 is 0 Å². The second-order valence-corrected chi connectivity index (χ2v) is 16.4. The monoisotopic (exact) mass is 767 g/mol. The molecular weight excluding hydrogens is 685 g/mol. The van der Waals surface area contributed by atoms with Crippen molar-refractivity contribution in [2.75, 3.05) is 54.1 Å². The van der Waals surface area contributed by atoms with E-state index in [0.29, 0.717) is 24.1 Å². The lowest BCUT2D eigenvalue weighted by Gasteiger charge is -2.24. The number of unbranched alkanes of at least 4 members (excludes halogenated alkanes) is 14. The predicted octanol–water partition coefficient (Wildman–Crippen LogP) is 12.2. The number of quaternary nitrogens is 1. The molecule has 0 amide bonds. The van der Waals surface area contributed by atoms with Crippen LogP contribution in [0.4, 0.5) is 0 Å². The zero-order valence-corrected chi connectivity index (χ0v) is 35.6. The fourth-order valence-electron chi connectivity index (χ4n) is 5.30. The van der Waals surface area contributed by atoms with Crippen LogP contribution in [0.5, 0.6) is 0 Å². The highest BCUT2D eigenvalue weighted by atomic mass is 31.2. The second kappa shape index (κ2) is 37.1. The normalized spacial score (nSPS) is 14.5. The average Bonchev–Trinajstić information content (AvgIpc) is 3.11. The first-order valence-corrected chi connectivity index (χ1v) is 22.5. The summed E-state index contributed by atoms with van der Waals surface area (Å²) in [6, 6.07) is 0. The van der Waals surface area contributed by atoms with Gasteiger partial charge < -0.3 is 18.9 Å². The molecule has 1 unspecified atom stereocenters. The average molecular weight is 767 g/mol. The van der Waals surface area contributed by atoms with Gasteiger partial charge in [0.1, 0.15) is 19.3 Å². The van der Waals surface area contributed by atoms with Crippen molar-refractivity contribution in [3.8, 4) is 0 Å². The molecule has 0 aromatic rings. The van der Waals surface area contributed by atoms with Gasteiger partial charge in [-0.15, -0.1) is 0 Å². The van der Waals surface area contributed by atoms with Gasteiger partial charge in [0.25, 0.3) is 0 Å². The molecule has 308 valence electrons. The molecule has 0 saturated heterocycles. The number of esters is 1. The minimum absolute atomic E-state index is 0.0797. The van der Waals surface area contributed by atoms with Crippen molar-refractivity contribution >= 4 is 13.8 Å². The smallest absolute Gasteiger partial charge is 0.457 e. The molecule has 1 N–H and O–H groups in total. The third-order valence-corrected chi connectivity index (χ3v) is 9.55. The molecule has 0 aromatic heterocycles. The first-order valence-electron chi connectivity index (χ1n) is 21.0. The molecule has 0 aliphatic heterocycles. The molecule has 0 aliphatic carbocycles. The predicted molar refractivity (Wildman–Crippen MR) is 224 cm³/mol. The molecule has 0 heterocycles. The molecule has 0 fully saturated rings. The number of rotatable bonds is 38. The van der Waals surface area contributed by atoms with Crippen molar-refractivity contribution in [1.29, 1.82) is 0 Å². The molecule has 53 heavy (non-hydrogen) atoms. The van der Waals surface area contributed by atoms with E-state index in [4.69, 9.17) is 18.5 Å². The number of hydrogen-bond donors (Lipinski definition) is 1. The Kier molecular flexibility index (Phi) is 35.9. The van der Waals surface area contributed by atoms with E-state index in [1.807, 2.05) is 21.1 Å². The Balaban J connectivity index is 4.33. The van der Waals surface area contributed by atoms with E-state index in [1.165, 1.54) is 64.2 Å². The van der Waals surface area contributed by atoms with Crippen LogP contribution in [0.15, 0.2) is 60.8 Å². The summed E-state index contributed by atoms with van der Waals surface area (Å²) in [7, 11) is 1.64. The lowest BCUT2D eigenvalue weighted by Crippen LogP contribution is -2.37. The lowest BCUT2D eigenvalue weighted by molar-refractivity contribution is -0.870. The number of phosphoric acid groups is 1. The minimum atomic E-state index is -4.28. The first-order chi connectivity index (χ1) is 25.6. The number of allylic oxidation sites excluding steroid dienone is 10. The van der Waals surface area contributed by atoms with Crippen molar-refractivity contribution < 1.29 is 37.3 Å². The highest BCUT2D eigenvalue weighted by Crippen LogP contribution is 2.43. The molecule has 9 heteroatoms. The van der Waals surface area contributed by atoms with E-state index in [-0.39, 0.29) is 25.8 Å². The van der Waals surface area contributed by atoms with Crippen LogP contribution >= 0.6 is 7.82 Å². The maximum atomic E-state index is 12.7. The van der Waals surface area contributed by atoms with Crippen LogP contribution < -0.4 is 0 Å². The SMILES string of the molecule is CC/C=C\C/C=C\C/C=C\C/C=C\CCCCCCC(=O)O[C@H](COCCCCCCCC/C=C\CCCCCC)COP(=O)(O)OCC[N+](C)(C)C. The van der Waals surface area contributed by atoms with Gasteiger partial charge in [-0.1, -0.05) is 132 Å². The Labute approximate surface area is 326 Å². The number of likely N-dealkylation sites (N-methyl/N-ethyl adjacent to an activating group) is 1. The van der Waals surface area contributed by atoms with Crippen LogP contribution in [-0.2, 0) is 27.9 Å². The molecule has 2 atom stereocenters. The van der Waals surface area contributed by atoms with Gasteiger partial charge in [-0.2, -0.15) is 0 Å². The third kappa shape index (κ3) is 41.2. The van der Waals surface area contributed by atoms with Gasteiger partial charge >= 0.3 is 13.8 Å². The largest absolute Gasteiger partial charge is 0.472 e. The maximum Gasteiger partial charge on any atom is 0.472 e. The molecule has 0 spiro atoms. The Morgan fingerprint density at radius 3 is 1.66 bits per heavy atom. The third-order valence-electron chi connectivity index (χ3n) is 8.56. The maximum absolute atomic E-state index is 12.7. The van der Waals surface area contributed by atoms with Gasteiger partial charge in [-0.25, -0.2) is 4.57 Å². The second-order valence-electron chi connectivity index (χ2n) is 15.0. The summed E-state index contributed by atoms with van der Waals surface area (Å²) in [5, 5.41) is 0. The summed E-state index contributed by atoms with van der Waals surface area (Å²) in [4.78, 5) is 22.8. The summed E-state index contributed by atoms with van der Waals surface area (Å²) >= 11 is 0. The standard InChI is InChI=1S/C44H80NO7P/c1-6-8-10-12-14-16-18-20-22-23-24-25-27-29-31-33-35-37-44(46)52-43(42-51-53(47,48)50-40-38-45(3,4)5)41-49-39-36-34-32-30-28-26-21-19-17-15-13-11-9-7-2/h8,10,14,16-17,19-20,22,24-25,43H,6-7,9,11-13,15,18,21,23,26-42H2,1-5H3/p+1/b10-8-,16-14-,19-17-,22-20-,25-24-/t43-/m1/s1. The summed E-state index contributed by atoms with van der Waals surface area (Å²) in [5.41, 5.74) is 0. The Hall–Kier alpha value is -1.80. The van der Waals surface area contributed by atoms with Gasteiger partial charge in [0, 0.05) is 13.0 Å². The molecule has 0 rings (SSSR count). The minimum Gasteiger partial charge on any atom is -0.457 e. The first kappa shape index (κ1) is 51.2. The summed E-state index contributed by atoms with van der Waals surface area (Å²) in [6.45, 7) is 5.43. The Morgan fingerprint density at radius 1 is 0.604 bits per heavy atom. The number of carbonyl (C=O) groups excluding carboxylic acids is 1. The number of ether oxygens (including phenoxy) is 2. The highest BCUT2D eigenvalue weighted by molar-refractivity contribution is 7.47. The molecule has 0 saturated carbocycles. The van der Waals surface area contributed by atoms with Crippen LogP contribution in [0.2, 0.25) is 0 Å². The Morgan fingerprint density at radius 2 is 1.09 bits per heavy atom. The van der Waals surface area contributed by atoms with Gasteiger partial charge in [0.2, 0.25) is 0 Å². The zero-order chi connectivity index (χ0) is 39.1. The number of carbonyl (C=O) groups is 1. The number of phosphoric ester groups is 1. The topological polar surface area (TPSA) is 91.3 Å². The number of hydrogen-bond acceptors (Lipinski definition) is 6. The van der Waals surface area contributed by atoms with Crippen molar-refractivity contribution in [3.05, 3.63) is 60.8 Å². The Bertz CT molecular complexity index is 1030. The molecule has 0 aromatic carbocycles. The van der Waals surface area contributed by atoms with Gasteiger partial charge in [0.15, 0.2) is 0 Å². The van der Waals surface area contributed by atoms with Gasteiger partial charge in [-0.3, -0.25) is 13.8 Å². The molecule has 0 bridgehead atoms. The van der Waals surface area contributed by atoms with Gasteiger partial charge in [0.05, 0.1) is 34.4 Å². The van der Waals surface area contributed by atoms with Crippen LogP contribution in [0.3, 0.4) is 0 Å². The molecule has 0 aliphatic rings. The molecular formula is C44H81NO7P+. The highest BCUT2D eigenvalue weighted by Gasteiger charge is 2.26. The van der Waals surface area contributed by atoms with Crippen LogP contribution in [0.25, 0.3) is 0 Å². The van der Waals surface area contributed by atoms with Crippen molar-refractivity contribution in [3.63, 3.8) is 0 Å². The molecule has 0 radical (unpaired) electrons. The van der Waals surface area contributed by atoms with E-state index in [1.54, 1.807) is 0 Å². The molecule has 8 nitrogen and oxygen atoms in total. The zero-order valence-electron chi connectivity index (χ0n) is 34.7. The van der Waals surface area contributed by atoms with E-state index in [2.05, 4.69) is 74.6 Å². The number of nitrogens with zero attached hydrogens (tertiary/aromatic N) is 1. The fourth-order valence-corrected chi connectivity index (χ4v) is 6.04. The summed E-state index contributed by atoms with van der Waals surface area (Å²) in [5.74, 6) is -0.341. The van der Waals surface area contributed by atoms with Gasteiger partial charge in [-0.05, 0) is 77.0 Å². The quantitative estimate of drug-likeness (QED) is 0.0220. The lowest BCUT2D eigenvalue weighted by atomic mass is 10.1. The van der Waals surface area contributed by atoms with Crippen LogP contribution in [-0.4, -0.2) is 75.6 Å². The van der Waals surface area contributed by atoms with Crippen LogP contribution in [0, 0.1) is 0 Å². The van der Waals surface area contributed by atoms with Crippen LogP contribution in [0.1, 0.15) is 155 Å². The van der Waals surface area contributed by atoms with E-state index in [0.717, 1.165) is 70.6 Å². The van der Waals surface area contributed by atoms with E-state index in [9.17, 15) is 14.3 Å². The summed E-state index contributed by atoms with van der Waals surface area (Å²) in [6.07, 6.45) is 45.3. The van der Waals surface area contributed by atoms with Crippen molar-refractivity contribution in [1.82, 2.24) is 0 Å². The van der Waals surface area contributed by atoms with E-state index < -0.39 is 13.9 Å². The fraction of sp³-hybridized carbons (Fsp3) is 0.750. The van der Waals surface area contributed by atoms with Crippen molar-refractivity contribution in [2.45, 2.75) is 161 Å². The summed E-state index contributed by atoms with van der Waals surface area (Å²) < 4.78 is 34.9.